The first-order chi connectivity index (χ1) is 10.2. The van der Waals surface area contributed by atoms with E-state index in [4.69, 9.17) is 4.74 Å². The van der Waals surface area contributed by atoms with E-state index in [-0.39, 0.29) is 6.10 Å². The molecule has 0 aromatic heterocycles. The van der Waals surface area contributed by atoms with Crippen molar-refractivity contribution in [1.82, 2.24) is 5.32 Å². The van der Waals surface area contributed by atoms with Gasteiger partial charge in [-0.3, -0.25) is 0 Å². The summed E-state index contributed by atoms with van der Waals surface area (Å²) in [7, 11) is 0. The van der Waals surface area contributed by atoms with E-state index in [0.717, 1.165) is 19.0 Å². The molecule has 1 aromatic rings. The average molecular weight is 289 g/mol. The van der Waals surface area contributed by atoms with Crippen LogP contribution in [0, 0.1) is 12.8 Å². The van der Waals surface area contributed by atoms with Crippen molar-refractivity contribution >= 4 is 0 Å². The predicted octanol–water partition coefficient (Wildman–Crippen LogP) is 4.63. The lowest BCUT2D eigenvalue weighted by atomic mass is 9.88. The van der Waals surface area contributed by atoms with Crippen LogP contribution in [0.5, 0.6) is 0 Å². The van der Waals surface area contributed by atoms with Crippen LogP contribution in [0.1, 0.15) is 63.2 Å². The highest BCUT2D eigenvalue weighted by atomic mass is 16.5. The Labute approximate surface area is 130 Å². The Balaban J connectivity index is 1.98. The Morgan fingerprint density at radius 1 is 1.24 bits per heavy atom. The summed E-state index contributed by atoms with van der Waals surface area (Å²) in [4.78, 5) is 0. The first-order valence-corrected chi connectivity index (χ1v) is 8.61. The lowest BCUT2D eigenvalue weighted by Gasteiger charge is -2.31. The fourth-order valence-electron chi connectivity index (χ4n) is 3.17. The Morgan fingerprint density at radius 2 is 2.00 bits per heavy atom. The van der Waals surface area contributed by atoms with Gasteiger partial charge >= 0.3 is 0 Å². The first-order valence-electron chi connectivity index (χ1n) is 8.61. The fraction of sp³-hybridized carbons (Fsp3) is 0.684. The number of hydrogen-bond donors (Lipinski definition) is 1. The minimum atomic E-state index is 0.187. The lowest BCUT2D eigenvalue weighted by molar-refractivity contribution is -0.0394. The molecule has 1 aromatic carbocycles. The summed E-state index contributed by atoms with van der Waals surface area (Å²) in [6.45, 7) is 8.68. The fourth-order valence-corrected chi connectivity index (χ4v) is 3.17. The molecule has 2 heteroatoms. The molecule has 0 spiro atoms. The molecule has 0 heterocycles. The van der Waals surface area contributed by atoms with Crippen LogP contribution in [0.4, 0.5) is 0 Å². The number of ether oxygens (including phenoxy) is 1. The SMILES string of the molecule is CCCNCC(OC1CCCC(C)C1)c1ccc(C)cc1. The highest BCUT2D eigenvalue weighted by Gasteiger charge is 2.23. The highest BCUT2D eigenvalue weighted by molar-refractivity contribution is 5.23. The molecule has 1 fully saturated rings. The summed E-state index contributed by atoms with van der Waals surface area (Å²) >= 11 is 0. The van der Waals surface area contributed by atoms with Gasteiger partial charge in [-0.1, -0.05) is 56.5 Å². The van der Waals surface area contributed by atoms with E-state index in [1.54, 1.807) is 0 Å². The van der Waals surface area contributed by atoms with Gasteiger partial charge in [-0.05, 0) is 44.2 Å². The van der Waals surface area contributed by atoms with Crippen LogP contribution >= 0.6 is 0 Å². The van der Waals surface area contributed by atoms with Gasteiger partial charge in [0.05, 0.1) is 12.2 Å². The molecule has 0 amide bonds. The van der Waals surface area contributed by atoms with Gasteiger partial charge in [0, 0.05) is 6.54 Å². The molecule has 3 atom stereocenters. The number of benzene rings is 1. The molecule has 0 bridgehead atoms. The van der Waals surface area contributed by atoms with Crippen LogP contribution in [0.2, 0.25) is 0 Å². The summed E-state index contributed by atoms with van der Waals surface area (Å²) in [6, 6.07) is 8.82. The molecular formula is C19H31NO. The molecule has 118 valence electrons. The van der Waals surface area contributed by atoms with Gasteiger partial charge in [-0.2, -0.15) is 0 Å². The summed E-state index contributed by atoms with van der Waals surface area (Å²) < 4.78 is 6.47. The van der Waals surface area contributed by atoms with Crippen molar-refractivity contribution in [2.24, 2.45) is 5.92 Å². The van der Waals surface area contributed by atoms with Crippen molar-refractivity contribution in [3.63, 3.8) is 0 Å². The Morgan fingerprint density at radius 3 is 2.67 bits per heavy atom. The average Bonchev–Trinajstić information content (AvgIpc) is 2.47. The molecule has 3 unspecified atom stereocenters. The van der Waals surface area contributed by atoms with E-state index in [2.05, 4.69) is 50.4 Å². The van der Waals surface area contributed by atoms with Crippen LogP contribution in [0.3, 0.4) is 0 Å². The van der Waals surface area contributed by atoms with Gasteiger partial charge in [0.25, 0.3) is 0 Å². The Hall–Kier alpha value is -0.860. The number of aryl methyl sites for hydroxylation is 1. The normalized spacial score (nSPS) is 24.0. The largest absolute Gasteiger partial charge is 0.369 e. The van der Waals surface area contributed by atoms with Gasteiger partial charge < -0.3 is 10.1 Å². The van der Waals surface area contributed by atoms with Gasteiger partial charge in [-0.25, -0.2) is 0 Å². The maximum atomic E-state index is 6.47. The third-order valence-corrected chi connectivity index (χ3v) is 4.45. The van der Waals surface area contributed by atoms with Crippen molar-refractivity contribution in [3.05, 3.63) is 35.4 Å². The monoisotopic (exact) mass is 289 g/mol. The standard InChI is InChI=1S/C19H31NO/c1-4-12-20-14-19(17-10-8-15(2)9-11-17)21-18-7-5-6-16(3)13-18/h8-11,16,18-20H,4-7,12-14H2,1-3H3. The van der Waals surface area contributed by atoms with E-state index < -0.39 is 0 Å². The molecule has 0 radical (unpaired) electrons. The van der Waals surface area contributed by atoms with Crippen molar-refractivity contribution < 1.29 is 4.74 Å². The molecule has 1 N–H and O–H groups in total. The van der Waals surface area contributed by atoms with Gasteiger partial charge in [0.15, 0.2) is 0 Å². The summed E-state index contributed by atoms with van der Waals surface area (Å²) in [5.41, 5.74) is 2.62. The second kappa shape index (κ2) is 8.55. The topological polar surface area (TPSA) is 21.3 Å². The van der Waals surface area contributed by atoms with E-state index in [1.165, 1.54) is 43.2 Å². The third-order valence-electron chi connectivity index (χ3n) is 4.45. The Kier molecular flexibility index (Phi) is 6.72. The maximum absolute atomic E-state index is 6.47. The van der Waals surface area contributed by atoms with Crippen molar-refractivity contribution in [2.45, 2.75) is 65.1 Å². The maximum Gasteiger partial charge on any atom is 0.0952 e. The highest BCUT2D eigenvalue weighted by Crippen LogP contribution is 2.30. The van der Waals surface area contributed by atoms with Crippen LogP contribution in [0.25, 0.3) is 0 Å². The van der Waals surface area contributed by atoms with Crippen LogP contribution in [-0.4, -0.2) is 19.2 Å². The second-order valence-electron chi connectivity index (χ2n) is 6.63. The minimum Gasteiger partial charge on any atom is -0.369 e. The van der Waals surface area contributed by atoms with Crippen molar-refractivity contribution in [3.8, 4) is 0 Å². The van der Waals surface area contributed by atoms with Crippen LogP contribution < -0.4 is 5.32 Å². The smallest absolute Gasteiger partial charge is 0.0952 e. The summed E-state index contributed by atoms with van der Waals surface area (Å²) in [6.07, 6.45) is 6.91. The molecule has 2 rings (SSSR count). The van der Waals surface area contributed by atoms with E-state index in [9.17, 15) is 0 Å². The first kappa shape index (κ1) is 16.5. The number of nitrogens with one attached hydrogen (secondary N) is 1. The van der Waals surface area contributed by atoms with Crippen LogP contribution in [0.15, 0.2) is 24.3 Å². The summed E-state index contributed by atoms with van der Waals surface area (Å²) in [5, 5.41) is 3.52. The molecule has 2 nitrogen and oxygen atoms in total. The summed E-state index contributed by atoms with van der Waals surface area (Å²) in [5.74, 6) is 0.811. The van der Waals surface area contributed by atoms with Gasteiger partial charge in [-0.15, -0.1) is 0 Å². The van der Waals surface area contributed by atoms with Gasteiger partial charge in [0.1, 0.15) is 0 Å². The number of hydrogen-bond acceptors (Lipinski definition) is 2. The molecule has 1 aliphatic rings. The van der Waals surface area contributed by atoms with Crippen molar-refractivity contribution in [2.75, 3.05) is 13.1 Å². The zero-order valence-corrected chi connectivity index (χ0v) is 13.9. The minimum absolute atomic E-state index is 0.187. The number of rotatable bonds is 7. The predicted molar refractivity (Wildman–Crippen MR) is 89.6 cm³/mol. The molecule has 21 heavy (non-hydrogen) atoms. The van der Waals surface area contributed by atoms with Crippen LogP contribution in [-0.2, 0) is 4.74 Å². The zero-order chi connectivity index (χ0) is 15.1. The quantitative estimate of drug-likeness (QED) is 0.739. The second-order valence-corrected chi connectivity index (χ2v) is 6.63. The molecular weight excluding hydrogens is 258 g/mol. The lowest BCUT2D eigenvalue weighted by Crippen LogP contribution is -2.29. The molecule has 1 saturated carbocycles. The third kappa shape index (κ3) is 5.44. The Bertz CT molecular complexity index is 401. The van der Waals surface area contributed by atoms with E-state index in [0.29, 0.717) is 6.10 Å². The zero-order valence-electron chi connectivity index (χ0n) is 13.9. The van der Waals surface area contributed by atoms with Crippen molar-refractivity contribution in [1.29, 1.82) is 0 Å². The van der Waals surface area contributed by atoms with E-state index >= 15 is 0 Å². The molecule has 0 aliphatic heterocycles. The molecule has 1 aliphatic carbocycles. The van der Waals surface area contributed by atoms with E-state index in [1.807, 2.05) is 0 Å². The molecule has 0 saturated heterocycles. The van der Waals surface area contributed by atoms with Gasteiger partial charge in [0.2, 0.25) is 0 Å².